The van der Waals surface area contributed by atoms with Crippen LogP contribution in [0.4, 0.5) is 0 Å². The van der Waals surface area contributed by atoms with Crippen molar-refractivity contribution in [3.8, 4) is 0 Å². The number of hydrogen-bond acceptors (Lipinski definition) is 4. The number of halogens is 1. The Labute approximate surface area is 156 Å². The standard InChI is InChI=1S/C15H30N6O.HI/c1-16-15(18-6-4-10-21-12-7-17-14-21)19-8-11-20(2)9-5-13-22-3;/h7,12,14H,4-6,8-11,13H2,1-3H3,(H2,16,18,19);1H. The number of aryl methyl sites for hydroxylation is 1. The van der Waals surface area contributed by atoms with Crippen LogP contribution in [0.1, 0.15) is 12.8 Å². The number of nitrogens with one attached hydrogen (secondary N) is 2. The SMILES string of the molecule is CN=C(NCCCn1ccnc1)NCCN(C)CCCOC.I. The van der Waals surface area contributed by atoms with Crippen LogP contribution in [0.2, 0.25) is 0 Å². The van der Waals surface area contributed by atoms with Gasteiger partial charge in [-0.1, -0.05) is 0 Å². The summed E-state index contributed by atoms with van der Waals surface area (Å²) in [5.41, 5.74) is 0. The van der Waals surface area contributed by atoms with Crippen LogP contribution in [0.25, 0.3) is 0 Å². The van der Waals surface area contributed by atoms with E-state index in [2.05, 4.69) is 37.1 Å². The Kier molecular flexibility index (Phi) is 14.1. The van der Waals surface area contributed by atoms with Crippen LogP contribution in [0.3, 0.4) is 0 Å². The molecule has 0 saturated heterocycles. The summed E-state index contributed by atoms with van der Waals surface area (Å²) in [6.45, 7) is 5.59. The molecule has 1 aromatic heterocycles. The summed E-state index contributed by atoms with van der Waals surface area (Å²) < 4.78 is 7.13. The third-order valence-electron chi connectivity index (χ3n) is 3.34. The van der Waals surface area contributed by atoms with Crippen molar-refractivity contribution < 1.29 is 4.74 Å². The fraction of sp³-hybridized carbons (Fsp3) is 0.733. The summed E-state index contributed by atoms with van der Waals surface area (Å²) in [7, 11) is 5.66. The maximum absolute atomic E-state index is 5.06. The molecule has 0 aliphatic rings. The Bertz CT molecular complexity index is 399. The summed E-state index contributed by atoms with van der Waals surface area (Å²) >= 11 is 0. The molecule has 0 spiro atoms. The number of rotatable bonds is 11. The topological polar surface area (TPSA) is 66.7 Å². The second kappa shape index (κ2) is 14.7. The Hall–Kier alpha value is -0.870. The van der Waals surface area contributed by atoms with Gasteiger partial charge < -0.3 is 24.8 Å². The van der Waals surface area contributed by atoms with E-state index in [1.807, 2.05) is 12.5 Å². The van der Waals surface area contributed by atoms with Crippen LogP contribution >= 0.6 is 24.0 Å². The lowest BCUT2D eigenvalue weighted by atomic mass is 10.4. The van der Waals surface area contributed by atoms with Gasteiger partial charge in [0.15, 0.2) is 5.96 Å². The van der Waals surface area contributed by atoms with Gasteiger partial charge in [-0.05, 0) is 19.9 Å². The van der Waals surface area contributed by atoms with E-state index >= 15 is 0 Å². The van der Waals surface area contributed by atoms with E-state index < -0.39 is 0 Å². The highest BCUT2D eigenvalue weighted by molar-refractivity contribution is 14.0. The molecule has 0 aliphatic heterocycles. The molecule has 0 radical (unpaired) electrons. The molecule has 0 saturated carbocycles. The normalized spacial score (nSPS) is 11.4. The van der Waals surface area contributed by atoms with Crippen molar-refractivity contribution >= 4 is 29.9 Å². The zero-order valence-electron chi connectivity index (χ0n) is 14.5. The van der Waals surface area contributed by atoms with Gasteiger partial charge in [0.2, 0.25) is 0 Å². The quantitative estimate of drug-likeness (QED) is 0.234. The Morgan fingerprint density at radius 1 is 1.26 bits per heavy atom. The minimum Gasteiger partial charge on any atom is -0.385 e. The molecule has 2 N–H and O–H groups in total. The van der Waals surface area contributed by atoms with E-state index in [1.54, 1.807) is 20.4 Å². The van der Waals surface area contributed by atoms with Crippen molar-refractivity contribution in [3.05, 3.63) is 18.7 Å². The van der Waals surface area contributed by atoms with E-state index in [9.17, 15) is 0 Å². The average Bonchev–Trinajstić information content (AvgIpc) is 3.03. The first-order chi connectivity index (χ1) is 10.8. The molecule has 1 rings (SSSR count). The van der Waals surface area contributed by atoms with Crippen LogP contribution in [-0.2, 0) is 11.3 Å². The van der Waals surface area contributed by atoms with Gasteiger partial charge >= 0.3 is 0 Å². The van der Waals surface area contributed by atoms with E-state index in [-0.39, 0.29) is 24.0 Å². The van der Waals surface area contributed by atoms with Crippen molar-refractivity contribution in [2.75, 3.05) is 54.0 Å². The maximum atomic E-state index is 5.06. The third-order valence-corrected chi connectivity index (χ3v) is 3.34. The van der Waals surface area contributed by atoms with Crippen LogP contribution in [0.15, 0.2) is 23.7 Å². The Morgan fingerprint density at radius 3 is 2.70 bits per heavy atom. The predicted molar refractivity (Wildman–Crippen MR) is 106 cm³/mol. The van der Waals surface area contributed by atoms with Crippen molar-refractivity contribution in [2.24, 2.45) is 4.99 Å². The van der Waals surface area contributed by atoms with Crippen LogP contribution in [0, 0.1) is 0 Å². The van der Waals surface area contributed by atoms with Crippen molar-refractivity contribution in [2.45, 2.75) is 19.4 Å². The summed E-state index contributed by atoms with van der Waals surface area (Å²) in [5.74, 6) is 0.857. The van der Waals surface area contributed by atoms with Crippen molar-refractivity contribution in [3.63, 3.8) is 0 Å². The number of methoxy groups -OCH3 is 1. The first-order valence-corrected chi connectivity index (χ1v) is 7.84. The lowest BCUT2D eigenvalue weighted by Gasteiger charge is -2.18. The minimum absolute atomic E-state index is 0. The number of ether oxygens (including phenoxy) is 1. The fourth-order valence-corrected chi connectivity index (χ4v) is 2.06. The number of likely N-dealkylation sites (N-methyl/N-ethyl adjacent to an activating group) is 1. The molecule has 0 aliphatic carbocycles. The number of aromatic nitrogens is 2. The van der Waals surface area contributed by atoms with E-state index in [1.165, 1.54) is 0 Å². The molecular weight excluding hydrogens is 407 g/mol. The van der Waals surface area contributed by atoms with E-state index in [0.29, 0.717) is 0 Å². The first kappa shape index (κ1) is 22.1. The number of guanidine groups is 1. The second-order valence-corrected chi connectivity index (χ2v) is 5.23. The zero-order chi connectivity index (χ0) is 16.0. The molecule has 0 amide bonds. The molecule has 8 heteroatoms. The fourth-order valence-electron chi connectivity index (χ4n) is 2.06. The van der Waals surface area contributed by atoms with Crippen molar-refractivity contribution in [1.82, 2.24) is 25.1 Å². The van der Waals surface area contributed by atoms with E-state index in [0.717, 1.165) is 58.1 Å². The van der Waals surface area contributed by atoms with Gasteiger partial charge in [-0.15, -0.1) is 24.0 Å². The number of hydrogen-bond donors (Lipinski definition) is 2. The maximum Gasteiger partial charge on any atom is 0.191 e. The lowest BCUT2D eigenvalue weighted by Crippen LogP contribution is -2.41. The van der Waals surface area contributed by atoms with Gasteiger partial charge in [0.25, 0.3) is 0 Å². The van der Waals surface area contributed by atoms with Crippen LogP contribution in [0.5, 0.6) is 0 Å². The zero-order valence-corrected chi connectivity index (χ0v) is 16.8. The molecule has 0 bridgehead atoms. The molecule has 1 heterocycles. The molecule has 0 atom stereocenters. The van der Waals surface area contributed by atoms with Crippen molar-refractivity contribution in [1.29, 1.82) is 0 Å². The Balaban J connectivity index is 0.00000484. The van der Waals surface area contributed by atoms with E-state index in [4.69, 9.17) is 4.74 Å². The van der Waals surface area contributed by atoms with Gasteiger partial charge in [-0.25, -0.2) is 4.98 Å². The average molecular weight is 438 g/mol. The third kappa shape index (κ3) is 11.3. The number of imidazole rings is 1. The molecule has 23 heavy (non-hydrogen) atoms. The molecule has 1 aromatic rings. The minimum atomic E-state index is 0. The van der Waals surface area contributed by atoms with Gasteiger partial charge in [0.05, 0.1) is 6.33 Å². The van der Waals surface area contributed by atoms with Gasteiger partial charge in [0, 0.05) is 65.9 Å². The predicted octanol–water partition coefficient (Wildman–Crippen LogP) is 1.02. The molecule has 7 nitrogen and oxygen atoms in total. The molecule has 0 aromatic carbocycles. The largest absolute Gasteiger partial charge is 0.385 e. The molecule has 0 fully saturated rings. The molecule has 0 unspecified atom stereocenters. The highest BCUT2D eigenvalue weighted by Gasteiger charge is 2.00. The molecule has 134 valence electrons. The highest BCUT2D eigenvalue weighted by Crippen LogP contribution is 1.89. The summed E-state index contributed by atoms with van der Waals surface area (Å²) in [4.78, 5) is 10.6. The smallest absolute Gasteiger partial charge is 0.191 e. The lowest BCUT2D eigenvalue weighted by molar-refractivity contribution is 0.180. The van der Waals surface area contributed by atoms with Crippen LogP contribution in [-0.4, -0.2) is 74.4 Å². The number of nitrogens with zero attached hydrogens (tertiary/aromatic N) is 4. The first-order valence-electron chi connectivity index (χ1n) is 7.84. The molecular formula is C15H31IN6O. The van der Waals surface area contributed by atoms with Crippen LogP contribution < -0.4 is 10.6 Å². The summed E-state index contributed by atoms with van der Waals surface area (Å²) in [5, 5.41) is 6.66. The van der Waals surface area contributed by atoms with Gasteiger partial charge in [0.1, 0.15) is 0 Å². The second-order valence-electron chi connectivity index (χ2n) is 5.23. The van der Waals surface area contributed by atoms with Gasteiger partial charge in [-0.3, -0.25) is 4.99 Å². The number of aliphatic imine (C=N–C) groups is 1. The highest BCUT2D eigenvalue weighted by atomic mass is 127. The summed E-state index contributed by atoms with van der Waals surface area (Å²) in [6, 6.07) is 0. The Morgan fingerprint density at radius 2 is 2.04 bits per heavy atom. The summed E-state index contributed by atoms with van der Waals surface area (Å²) in [6.07, 6.45) is 7.72. The monoisotopic (exact) mass is 438 g/mol. The van der Waals surface area contributed by atoms with Gasteiger partial charge in [-0.2, -0.15) is 0 Å².